The molecule has 0 radical (unpaired) electrons. The zero-order valence-electron chi connectivity index (χ0n) is 16.5. The van der Waals surface area contributed by atoms with Crippen LogP contribution < -0.4 is 10.2 Å². The molecular formula is C23H27BrN2O3. The zero-order valence-corrected chi connectivity index (χ0v) is 18.1. The number of morpholine rings is 1. The van der Waals surface area contributed by atoms with Crippen molar-refractivity contribution in [3.63, 3.8) is 0 Å². The largest absolute Gasteiger partial charge is 0.381 e. The lowest BCUT2D eigenvalue weighted by molar-refractivity contribution is -0.130. The Labute approximate surface area is 180 Å². The molecule has 6 heteroatoms. The quantitative estimate of drug-likeness (QED) is 0.742. The van der Waals surface area contributed by atoms with Crippen LogP contribution in [-0.2, 0) is 26.2 Å². The Morgan fingerprint density at radius 2 is 1.55 bits per heavy atom. The summed E-state index contributed by atoms with van der Waals surface area (Å²) >= 11 is 3.48. The molecule has 2 aliphatic rings. The molecule has 0 bridgehead atoms. The number of nitrogens with one attached hydrogen (secondary N) is 1. The summed E-state index contributed by atoms with van der Waals surface area (Å²) in [5.74, 6) is 0.0837. The Morgan fingerprint density at radius 3 is 2.21 bits per heavy atom. The van der Waals surface area contributed by atoms with Gasteiger partial charge in [-0.15, -0.1) is 0 Å². The summed E-state index contributed by atoms with van der Waals surface area (Å²) in [6, 6.07) is 16.6. The standard InChI is InChI=1S/C23H27BrN2O3/c24-20-5-3-19(4-6-20)23(9-13-28-14-10-23)22(27)25-17-18-1-7-21(8-2-18)26-11-15-29-16-12-26/h1-8H,9-17H2,(H,25,27). The first kappa shape index (κ1) is 20.4. The number of carbonyl (C=O) groups excluding carboxylic acids is 1. The second-order valence-corrected chi connectivity index (χ2v) is 8.57. The minimum Gasteiger partial charge on any atom is -0.381 e. The minimum absolute atomic E-state index is 0.0837. The fraction of sp³-hybridized carbons (Fsp3) is 0.435. The van der Waals surface area contributed by atoms with Crippen molar-refractivity contribution < 1.29 is 14.3 Å². The molecule has 1 N–H and O–H groups in total. The zero-order chi connectivity index (χ0) is 20.1. The van der Waals surface area contributed by atoms with Gasteiger partial charge >= 0.3 is 0 Å². The first-order chi connectivity index (χ1) is 14.2. The van der Waals surface area contributed by atoms with Crippen LogP contribution in [0.4, 0.5) is 5.69 Å². The summed E-state index contributed by atoms with van der Waals surface area (Å²) in [7, 11) is 0. The number of hydrogen-bond donors (Lipinski definition) is 1. The summed E-state index contributed by atoms with van der Waals surface area (Å²) in [6.45, 7) is 5.15. The lowest BCUT2D eigenvalue weighted by Gasteiger charge is -2.36. The number of benzene rings is 2. The Morgan fingerprint density at radius 1 is 0.931 bits per heavy atom. The van der Waals surface area contributed by atoms with E-state index in [2.05, 4.69) is 50.4 Å². The summed E-state index contributed by atoms with van der Waals surface area (Å²) < 4.78 is 12.0. The van der Waals surface area contributed by atoms with Gasteiger partial charge in [-0.25, -0.2) is 0 Å². The molecule has 0 saturated carbocycles. The van der Waals surface area contributed by atoms with E-state index in [9.17, 15) is 4.79 Å². The second kappa shape index (κ2) is 9.28. The molecule has 2 heterocycles. The maximum atomic E-state index is 13.3. The summed E-state index contributed by atoms with van der Waals surface area (Å²) in [5.41, 5.74) is 2.85. The number of rotatable bonds is 5. The molecule has 2 saturated heterocycles. The van der Waals surface area contributed by atoms with Crippen molar-refractivity contribution >= 4 is 27.5 Å². The van der Waals surface area contributed by atoms with Crippen LogP contribution in [0.1, 0.15) is 24.0 Å². The molecule has 2 aromatic carbocycles. The molecule has 0 aliphatic carbocycles. The molecule has 2 fully saturated rings. The average molecular weight is 459 g/mol. The molecule has 0 unspecified atom stereocenters. The maximum absolute atomic E-state index is 13.3. The van der Waals surface area contributed by atoms with Gasteiger partial charge in [-0.3, -0.25) is 4.79 Å². The number of carbonyl (C=O) groups is 1. The van der Waals surface area contributed by atoms with Gasteiger partial charge in [0.2, 0.25) is 5.91 Å². The number of ether oxygens (including phenoxy) is 2. The first-order valence-electron chi connectivity index (χ1n) is 10.2. The number of nitrogens with zero attached hydrogens (tertiary/aromatic N) is 1. The van der Waals surface area contributed by atoms with Crippen molar-refractivity contribution in [1.82, 2.24) is 5.32 Å². The van der Waals surface area contributed by atoms with Gasteiger partial charge < -0.3 is 19.7 Å². The van der Waals surface area contributed by atoms with Gasteiger partial charge in [0.25, 0.3) is 0 Å². The Hall–Kier alpha value is -1.89. The SMILES string of the molecule is O=C(NCc1ccc(N2CCOCC2)cc1)C1(c2ccc(Br)cc2)CCOCC1. The lowest BCUT2D eigenvalue weighted by atomic mass is 9.73. The van der Waals surface area contributed by atoms with Gasteiger partial charge in [0.15, 0.2) is 0 Å². The fourth-order valence-electron chi connectivity index (χ4n) is 4.13. The van der Waals surface area contributed by atoms with E-state index in [1.54, 1.807) is 0 Å². The van der Waals surface area contributed by atoms with Crippen LogP contribution in [0.15, 0.2) is 53.0 Å². The highest BCUT2D eigenvalue weighted by Crippen LogP contribution is 2.36. The number of anilines is 1. The van der Waals surface area contributed by atoms with Gasteiger partial charge in [-0.1, -0.05) is 40.2 Å². The van der Waals surface area contributed by atoms with Crippen LogP contribution in [0.25, 0.3) is 0 Å². The van der Waals surface area contributed by atoms with Crippen LogP contribution in [0.2, 0.25) is 0 Å². The molecule has 5 nitrogen and oxygen atoms in total. The van der Waals surface area contributed by atoms with E-state index in [1.807, 2.05) is 24.3 Å². The topological polar surface area (TPSA) is 50.8 Å². The fourth-order valence-corrected chi connectivity index (χ4v) is 4.40. The summed E-state index contributed by atoms with van der Waals surface area (Å²) in [5, 5.41) is 3.18. The predicted octanol–water partition coefficient (Wildman–Crippen LogP) is 3.65. The van der Waals surface area contributed by atoms with Crippen LogP contribution in [-0.4, -0.2) is 45.4 Å². The monoisotopic (exact) mass is 458 g/mol. The lowest BCUT2D eigenvalue weighted by Crippen LogP contribution is -2.47. The van der Waals surface area contributed by atoms with Crippen LogP contribution in [0, 0.1) is 0 Å². The number of amides is 1. The molecule has 0 atom stereocenters. The molecule has 1 amide bonds. The molecule has 2 aromatic rings. The van der Waals surface area contributed by atoms with Crippen molar-refractivity contribution in [2.24, 2.45) is 0 Å². The van der Waals surface area contributed by atoms with E-state index in [-0.39, 0.29) is 5.91 Å². The Bertz CT molecular complexity index is 811. The van der Waals surface area contributed by atoms with E-state index >= 15 is 0 Å². The molecule has 29 heavy (non-hydrogen) atoms. The molecule has 2 aliphatic heterocycles. The minimum atomic E-state index is -0.521. The van der Waals surface area contributed by atoms with Gasteiger partial charge in [-0.05, 0) is 48.2 Å². The van der Waals surface area contributed by atoms with Crippen LogP contribution in [0.5, 0.6) is 0 Å². The van der Waals surface area contributed by atoms with Crippen molar-refractivity contribution in [2.45, 2.75) is 24.8 Å². The van der Waals surface area contributed by atoms with E-state index in [4.69, 9.17) is 9.47 Å². The molecular weight excluding hydrogens is 432 g/mol. The summed E-state index contributed by atoms with van der Waals surface area (Å²) in [6.07, 6.45) is 1.41. The molecule has 154 valence electrons. The molecule has 0 aromatic heterocycles. The third-order valence-electron chi connectivity index (χ3n) is 5.94. The highest BCUT2D eigenvalue weighted by Gasteiger charge is 2.41. The van der Waals surface area contributed by atoms with Crippen molar-refractivity contribution in [3.8, 4) is 0 Å². The number of hydrogen-bond acceptors (Lipinski definition) is 4. The van der Waals surface area contributed by atoms with Gasteiger partial charge in [-0.2, -0.15) is 0 Å². The van der Waals surface area contributed by atoms with E-state index < -0.39 is 5.41 Å². The van der Waals surface area contributed by atoms with E-state index in [1.165, 1.54) is 5.69 Å². The van der Waals surface area contributed by atoms with Crippen molar-refractivity contribution in [1.29, 1.82) is 0 Å². The predicted molar refractivity (Wildman–Crippen MR) is 117 cm³/mol. The van der Waals surface area contributed by atoms with Crippen LogP contribution >= 0.6 is 15.9 Å². The highest BCUT2D eigenvalue weighted by atomic mass is 79.9. The van der Waals surface area contributed by atoms with E-state index in [0.717, 1.165) is 41.9 Å². The number of halogens is 1. The second-order valence-electron chi connectivity index (χ2n) is 7.65. The van der Waals surface area contributed by atoms with Gasteiger partial charge in [0.1, 0.15) is 0 Å². The third kappa shape index (κ3) is 4.65. The van der Waals surface area contributed by atoms with Gasteiger partial charge in [0, 0.05) is 43.0 Å². The van der Waals surface area contributed by atoms with Gasteiger partial charge in [0.05, 0.1) is 18.6 Å². The van der Waals surface area contributed by atoms with E-state index in [0.29, 0.717) is 32.6 Å². The Balaban J connectivity index is 1.43. The Kier molecular flexibility index (Phi) is 6.53. The first-order valence-corrected chi connectivity index (χ1v) is 11.0. The summed E-state index contributed by atoms with van der Waals surface area (Å²) in [4.78, 5) is 15.6. The van der Waals surface area contributed by atoms with Crippen LogP contribution in [0.3, 0.4) is 0 Å². The molecule has 4 rings (SSSR count). The van der Waals surface area contributed by atoms with Crippen molar-refractivity contribution in [2.75, 3.05) is 44.4 Å². The smallest absolute Gasteiger partial charge is 0.231 e. The third-order valence-corrected chi connectivity index (χ3v) is 6.47. The normalized spacial score (nSPS) is 19.0. The average Bonchev–Trinajstić information content (AvgIpc) is 2.79. The maximum Gasteiger partial charge on any atom is 0.231 e. The highest BCUT2D eigenvalue weighted by molar-refractivity contribution is 9.10. The van der Waals surface area contributed by atoms with Crippen molar-refractivity contribution in [3.05, 3.63) is 64.1 Å². The molecule has 0 spiro atoms.